The van der Waals surface area contributed by atoms with Gasteiger partial charge in [-0.1, -0.05) is 23.8 Å². The van der Waals surface area contributed by atoms with Gasteiger partial charge in [0.1, 0.15) is 0 Å². The van der Waals surface area contributed by atoms with E-state index in [9.17, 15) is 0 Å². The Bertz CT molecular complexity index is 151. The van der Waals surface area contributed by atoms with Gasteiger partial charge < -0.3 is 0 Å². The predicted molar refractivity (Wildman–Crippen MR) is 34.6 cm³/mol. The highest BCUT2D eigenvalue weighted by atomic mass is 14.2. The Kier molecular flexibility index (Phi) is 0.806. The minimum absolute atomic E-state index is 0.912. The van der Waals surface area contributed by atoms with Crippen LogP contribution in [0.15, 0.2) is 23.8 Å². The van der Waals surface area contributed by atoms with Crippen molar-refractivity contribution >= 4 is 0 Å². The quantitative estimate of drug-likeness (QED) is 0.444. The van der Waals surface area contributed by atoms with Crippen molar-refractivity contribution in [2.24, 2.45) is 5.92 Å². The van der Waals surface area contributed by atoms with Gasteiger partial charge in [-0.05, 0) is 25.2 Å². The molecule has 1 unspecified atom stereocenters. The maximum atomic E-state index is 2.42. The molecule has 0 heteroatoms. The first-order valence-corrected chi connectivity index (χ1v) is 3.32. The topological polar surface area (TPSA) is 0 Å². The molecule has 8 heavy (non-hydrogen) atoms. The van der Waals surface area contributed by atoms with Gasteiger partial charge in [-0.2, -0.15) is 0 Å². The molecule has 1 atom stereocenters. The van der Waals surface area contributed by atoms with Crippen LogP contribution in [-0.4, -0.2) is 0 Å². The normalized spacial score (nSPS) is 33.0. The summed E-state index contributed by atoms with van der Waals surface area (Å²) >= 11 is 0. The summed E-state index contributed by atoms with van der Waals surface area (Å²) in [5, 5.41) is 0. The standard InChI is InChI=1S/C8H10/c1-2-7-4-5-8(3-1)6-7/h1-2,6,8H,3-5H2. The van der Waals surface area contributed by atoms with E-state index < -0.39 is 0 Å². The first kappa shape index (κ1) is 4.37. The van der Waals surface area contributed by atoms with Gasteiger partial charge in [-0.15, -0.1) is 0 Å². The molecule has 2 rings (SSSR count). The smallest absolute Gasteiger partial charge is 0.0190 e. The highest BCUT2D eigenvalue weighted by Gasteiger charge is 2.15. The minimum Gasteiger partial charge on any atom is -0.0837 e. The SMILES string of the molecule is C1=CC2=CC(C1)CC2. The molecule has 0 aromatic carbocycles. The zero-order chi connectivity index (χ0) is 5.40. The lowest BCUT2D eigenvalue weighted by Crippen LogP contribution is -1.88. The summed E-state index contributed by atoms with van der Waals surface area (Å²) in [6.45, 7) is 0. The van der Waals surface area contributed by atoms with Gasteiger partial charge in [-0.3, -0.25) is 0 Å². The molecule has 42 valence electrons. The Hall–Kier alpha value is -0.520. The van der Waals surface area contributed by atoms with Crippen molar-refractivity contribution in [2.45, 2.75) is 19.3 Å². The van der Waals surface area contributed by atoms with Crippen LogP contribution in [-0.2, 0) is 0 Å². The van der Waals surface area contributed by atoms with E-state index in [-0.39, 0.29) is 0 Å². The van der Waals surface area contributed by atoms with Gasteiger partial charge in [0.15, 0.2) is 0 Å². The van der Waals surface area contributed by atoms with E-state index in [1.807, 2.05) is 0 Å². The highest BCUT2D eigenvalue weighted by molar-refractivity contribution is 5.27. The van der Waals surface area contributed by atoms with Crippen LogP contribution in [0, 0.1) is 5.92 Å². The van der Waals surface area contributed by atoms with Gasteiger partial charge in [0.05, 0.1) is 0 Å². The fourth-order valence-electron chi connectivity index (χ4n) is 1.54. The van der Waals surface area contributed by atoms with Crippen LogP contribution in [0.25, 0.3) is 0 Å². The van der Waals surface area contributed by atoms with Crippen molar-refractivity contribution in [1.82, 2.24) is 0 Å². The first-order valence-electron chi connectivity index (χ1n) is 3.32. The number of hydrogen-bond donors (Lipinski definition) is 0. The number of fused-ring (bicyclic) bond motifs is 1. The number of allylic oxidation sites excluding steroid dienone is 4. The Balaban J connectivity index is 2.30. The highest BCUT2D eigenvalue weighted by Crippen LogP contribution is 2.31. The summed E-state index contributed by atoms with van der Waals surface area (Å²) in [6.07, 6.45) is 11.0. The Morgan fingerprint density at radius 3 is 3.25 bits per heavy atom. The third-order valence-corrected chi connectivity index (χ3v) is 2.02. The van der Waals surface area contributed by atoms with Gasteiger partial charge in [0.2, 0.25) is 0 Å². The monoisotopic (exact) mass is 106 g/mol. The van der Waals surface area contributed by atoms with Crippen molar-refractivity contribution in [1.29, 1.82) is 0 Å². The fraction of sp³-hybridized carbons (Fsp3) is 0.500. The summed E-state index contributed by atoms with van der Waals surface area (Å²) < 4.78 is 0. The molecule has 0 radical (unpaired) electrons. The van der Waals surface area contributed by atoms with Crippen LogP contribution in [0.5, 0.6) is 0 Å². The first-order chi connectivity index (χ1) is 3.95. The van der Waals surface area contributed by atoms with Crippen LogP contribution < -0.4 is 0 Å². The summed E-state index contributed by atoms with van der Waals surface area (Å²) in [5.74, 6) is 0.912. The lowest BCUT2D eigenvalue weighted by molar-refractivity contribution is 0.647. The minimum atomic E-state index is 0.912. The molecular weight excluding hydrogens is 96.1 g/mol. The van der Waals surface area contributed by atoms with Crippen molar-refractivity contribution in [2.75, 3.05) is 0 Å². The molecule has 0 nitrogen and oxygen atoms in total. The van der Waals surface area contributed by atoms with E-state index in [2.05, 4.69) is 18.2 Å². The molecule has 0 aromatic rings. The second-order valence-corrected chi connectivity index (χ2v) is 2.68. The fourth-order valence-corrected chi connectivity index (χ4v) is 1.54. The second-order valence-electron chi connectivity index (χ2n) is 2.68. The molecule has 0 aliphatic heterocycles. The Morgan fingerprint density at radius 2 is 2.50 bits per heavy atom. The molecule has 0 spiro atoms. The van der Waals surface area contributed by atoms with E-state index in [4.69, 9.17) is 0 Å². The third-order valence-electron chi connectivity index (χ3n) is 2.02. The molecule has 0 saturated carbocycles. The molecule has 0 heterocycles. The zero-order valence-corrected chi connectivity index (χ0v) is 4.93. The summed E-state index contributed by atoms with van der Waals surface area (Å²) in [7, 11) is 0. The van der Waals surface area contributed by atoms with E-state index in [1.165, 1.54) is 19.3 Å². The van der Waals surface area contributed by atoms with Crippen LogP contribution in [0.3, 0.4) is 0 Å². The van der Waals surface area contributed by atoms with Crippen LogP contribution in [0.4, 0.5) is 0 Å². The third kappa shape index (κ3) is 0.525. The van der Waals surface area contributed by atoms with Crippen molar-refractivity contribution in [3.05, 3.63) is 23.8 Å². The maximum absolute atomic E-state index is 2.42. The van der Waals surface area contributed by atoms with Gasteiger partial charge in [0.25, 0.3) is 0 Å². The van der Waals surface area contributed by atoms with Gasteiger partial charge in [-0.25, -0.2) is 0 Å². The molecule has 0 saturated heterocycles. The van der Waals surface area contributed by atoms with E-state index in [0.29, 0.717) is 0 Å². The number of hydrogen-bond acceptors (Lipinski definition) is 0. The van der Waals surface area contributed by atoms with E-state index >= 15 is 0 Å². The molecule has 0 N–H and O–H groups in total. The lowest BCUT2D eigenvalue weighted by atomic mass is 10.0. The molecule has 0 aromatic heterocycles. The molecule has 2 aliphatic rings. The maximum Gasteiger partial charge on any atom is -0.0190 e. The van der Waals surface area contributed by atoms with Crippen molar-refractivity contribution in [3.8, 4) is 0 Å². The van der Waals surface area contributed by atoms with Crippen molar-refractivity contribution < 1.29 is 0 Å². The van der Waals surface area contributed by atoms with Crippen molar-refractivity contribution in [3.63, 3.8) is 0 Å². The van der Waals surface area contributed by atoms with Gasteiger partial charge >= 0.3 is 0 Å². The summed E-state index contributed by atoms with van der Waals surface area (Å²) in [5.41, 5.74) is 1.57. The van der Waals surface area contributed by atoms with Crippen LogP contribution >= 0.6 is 0 Å². The Labute approximate surface area is 49.9 Å². The lowest BCUT2D eigenvalue weighted by Gasteiger charge is -2.01. The Morgan fingerprint density at radius 1 is 1.50 bits per heavy atom. The summed E-state index contributed by atoms with van der Waals surface area (Å²) in [4.78, 5) is 0. The average Bonchev–Trinajstić information content (AvgIpc) is 2.12. The molecule has 2 aliphatic carbocycles. The average molecular weight is 106 g/mol. The number of rotatable bonds is 0. The molecule has 0 amide bonds. The van der Waals surface area contributed by atoms with E-state index in [1.54, 1.807) is 5.57 Å². The molecule has 0 fully saturated rings. The van der Waals surface area contributed by atoms with Gasteiger partial charge in [0, 0.05) is 0 Å². The predicted octanol–water partition coefficient (Wildman–Crippen LogP) is 2.28. The van der Waals surface area contributed by atoms with Crippen LogP contribution in [0.1, 0.15) is 19.3 Å². The molecule has 2 bridgehead atoms. The largest absolute Gasteiger partial charge is 0.0837 e. The zero-order valence-electron chi connectivity index (χ0n) is 4.93. The summed E-state index contributed by atoms with van der Waals surface area (Å²) in [6, 6.07) is 0. The molecular formula is C8H10. The van der Waals surface area contributed by atoms with Crippen LogP contribution in [0.2, 0.25) is 0 Å². The second kappa shape index (κ2) is 1.48. The van der Waals surface area contributed by atoms with E-state index in [0.717, 1.165) is 5.92 Å².